The number of halogens is 1. The molecule has 1 aliphatic heterocycles. The van der Waals surface area contributed by atoms with E-state index in [9.17, 15) is 0 Å². The lowest BCUT2D eigenvalue weighted by Gasteiger charge is -2.22. The van der Waals surface area contributed by atoms with Crippen molar-refractivity contribution in [2.45, 2.75) is 45.6 Å². The summed E-state index contributed by atoms with van der Waals surface area (Å²) in [4.78, 5) is 0. The van der Waals surface area contributed by atoms with Crippen LogP contribution in [0, 0.1) is 0 Å². The van der Waals surface area contributed by atoms with Gasteiger partial charge in [0.25, 0.3) is 0 Å². The molecule has 0 saturated heterocycles. The molecule has 1 unspecified atom stereocenters. The fourth-order valence-electron chi connectivity index (χ4n) is 1.96. The largest absolute Gasteiger partial charge is 0.369 e. The number of hydrogen-bond donors (Lipinski definition) is 1. The SMILES string of the molecule is CCCCc1nn2c(c1Br)NCCC2C. The number of aromatic nitrogens is 2. The van der Waals surface area contributed by atoms with Gasteiger partial charge in [0.05, 0.1) is 16.2 Å². The summed E-state index contributed by atoms with van der Waals surface area (Å²) in [5.41, 5.74) is 1.20. The van der Waals surface area contributed by atoms with Gasteiger partial charge in [-0.15, -0.1) is 0 Å². The van der Waals surface area contributed by atoms with Crippen LogP contribution in [0.1, 0.15) is 44.8 Å². The van der Waals surface area contributed by atoms with Crippen molar-refractivity contribution in [1.82, 2.24) is 9.78 Å². The molecule has 1 N–H and O–H groups in total. The molecule has 3 nitrogen and oxygen atoms in total. The maximum atomic E-state index is 4.68. The van der Waals surface area contributed by atoms with Crippen molar-refractivity contribution in [2.75, 3.05) is 11.9 Å². The third kappa shape index (κ3) is 2.05. The van der Waals surface area contributed by atoms with Crippen LogP contribution in [0.15, 0.2) is 4.47 Å². The predicted molar refractivity (Wildman–Crippen MR) is 66.4 cm³/mol. The Kier molecular flexibility index (Phi) is 3.34. The maximum Gasteiger partial charge on any atom is 0.139 e. The number of fused-ring (bicyclic) bond motifs is 1. The normalized spacial score (nSPS) is 19.8. The summed E-state index contributed by atoms with van der Waals surface area (Å²) in [7, 11) is 0. The zero-order valence-electron chi connectivity index (χ0n) is 9.39. The Balaban J connectivity index is 2.26. The zero-order valence-corrected chi connectivity index (χ0v) is 11.0. The molecular formula is C11H18BrN3. The minimum Gasteiger partial charge on any atom is -0.369 e. The average molecular weight is 272 g/mol. The first-order valence-corrected chi connectivity index (χ1v) is 6.54. The lowest BCUT2D eigenvalue weighted by Crippen LogP contribution is -2.21. The van der Waals surface area contributed by atoms with E-state index < -0.39 is 0 Å². The molecule has 0 fully saturated rings. The number of nitrogens with zero attached hydrogens (tertiary/aromatic N) is 2. The van der Waals surface area contributed by atoms with E-state index in [1.807, 2.05) is 0 Å². The second-order valence-electron chi connectivity index (χ2n) is 4.22. The number of hydrogen-bond acceptors (Lipinski definition) is 2. The lowest BCUT2D eigenvalue weighted by atomic mass is 10.2. The van der Waals surface area contributed by atoms with Crippen LogP contribution < -0.4 is 5.32 Å². The van der Waals surface area contributed by atoms with Crippen LogP contribution in [-0.2, 0) is 6.42 Å². The topological polar surface area (TPSA) is 29.9 Å². The van der Waals surface area contributed by atoms with Crippen LogP contribution in [0.25, 0.3) is 0 Å². The number of rotatable bonds is 3. The van der Waals surface area contributed by atoms with Gasteiger partial charge in [-0.3, -0.25) is 0 Å². The van der Waals surface area contributed by atoms with Crippen molar-refractivity contribution >= 4 is 21.7 Å². The van der Waals surface area contributed by atoms with Crippen LogP contribution in [0.3, 0.4) is 0 Å². The molecule has 15 heavy (non-hydrogen) atoms. The number of unbranched alkanes of at least 4 members (excludes halogenated alkanes) is 1. The molecule has 0 spiro atoms. The highest BCUT2D eigenvalue weighted by molar-refractivity contribution is 9.10. The summed E-state index contributed by atoms with van der Waals surface area (Å²) in [6, 6.07) is 0.521. The Morgan fingerprint density at radius 3 is 3.07 bits per heavy atom. The van der Waals surface area contributed by atoms with Crippen LogP contribution in [0.5, 0.6) is 0 Å². The Morgan fingerprint density at radius 2 is 2.40 bits per heavy atom. The fraction of sp³-hybridized carbons (Fsp3) is 0.727. The zero-order chi connectivity index (χ0) is 10.8. The second kappa shape index (κ2) is 4.56. The highest BCUT2D eigenvalue weighted by atomic mass is 79.9. The van der Waals surface area contributed by atoms with Crippen molar-refractivity contribution in [1.29, 1.82) is 0 Å². The third-order valence-corrected chi connectivity index (χ3v) is 3.79. The number of nitrogens with one attached hydrogen (secondary N) is 1. The third-order valence-electron chi connectivity index (χ3n) is 2.96. The van der Waals surface area contributed by atoms with E-state index in [-0.39, 0.29) is 0 Å². The fourth-order valence-corrected chi connectivity index (χ4v) is 2.56. The summed E-state index contributed by atoms with van der Waals surface area (Å²) < 4.78 is 3.29. The highest BCUT2D eigenvalue weighted by Crippen LogP contribution is 2.33. The van der Waals surface area contributed by atoms with Gasteiger partial charge in [-0.1, -0.05) is 13.3 Å². The molecule has 1 atom stereocenters. The average Bonchev–Trinajstić information content (AvgIpc) is 2.55. The molecule has 0 radical (unpaired) electrons. The minimum absolute atomic E-state index is 0.521. The van der Waals surface area contributed by atoms with E-state index in [2.05, 4.69) is 44.9 Å². The van der Waals surface area contributed by atoms with Gasteiger partial charge in [0.2, 0.25) is 0 Å². The molecule has 1 aromatic heterocycles. The second-order valence-corrected chi connectivity index (χ2v) is 5.01. The first-order chi connectivity index (χ1) is 7.24. The van der Waals surface area contributed by atoms with E-state index in [4.69, 9.17) is 0 Å². The number of aryl methyl sites for hydroxylation is 1. The molecule has 0 aliphatic carbocycles. The molecule has 0 saturated carbocycles. The Morgan fingerprint density at radius 1 is 1.60 bits per heavy atom. The summed E-state index contributed by atoms with van der Waals surface area (Å²) in [5, 5.41) is 8.09. The molecular weight excluding hydrogens is 254 g/mol. The Bertz CT molecular complexity index is 346. The Hall–Kier alpha value is -0.510. The molecule has 0 aromatic carbocycles. The van der Waals surface area contributed by atoms with Crippen molar-refractivity contribution < 1.29 is 0 Å². The van der Waals surface area contributed by atoms with Crippen LogP contribution in [-0.4, -0.2) is 16.3 Å². The molecule has 2 heterocycles. The predicted octanol–water partition coefficient (Wildman–Crippen LogP) is 3.36. The van der Waals surface area contributed by atoms with Crippen molar-refractivity contribution in [2.24, 2.45) is 0 Å². The molecule has 84 valence electrons. The smallest absolute Gasteiger partial charge is 0.139 e. The summed E-state index contributed by atoms with van der Waals surface area (Å²) in [5.74, 6) is 1.17. The van der Waals surface area contributed by atoms with E-state index in [1.165, 1.54) is 28.8 Å². The molecule has 0 amide bonds. The summed E-state index contributed by atoms with van der Waals surface area (Å²) >= 11 is 3.65. The minimum atomic E-state index is 0.521. The van der Waals surface area contributed by atoms with Crippen molar-refractivity contribution in [3.8, 4) is 0 Å². The van der Waals surface area contributed by atoms with Gasteiger partial charge >= 0.3 is 0 Å². The van der Waals surface area contributed by atoms with Crippen molar-refractivity contribution in [3.05, 3.63) is 10.2 Å². The quantitative estimate of drug-likeness (QED) is 0.914. The summed E-state index contributed by atoms with van der Waals surface area (Å²) in [6.07, 6.45) is 4.67. The molecule has 0 bridgehead atoms. The van der Waals surface area contributed by atoms with E-state index in [0.717, 1.165) is 19.4 Å². The van der Waals surface area contributed by atoms with E-state index in [0.29, 0.717) is 6.04 Å². The van der Waals surface area contributed by atoms with Gasteiger partial charge in [-0.25, -0.2) is 4.68 Å². The monoisotopic (exact) mass is 271 g/mol. The standard InChI is InChI=1S/C11H18BrN3/c1-3-4-5-9-10(12)11-13-7-6-8(2)15(11)14-9/h8,13H,3-7H2,1-2H3. The summed E-state index contributed by atoms with van der Waals surface area (Å²) in [6.45, 7) is 5.50. The van der Waals surface area contributed by atoms with Gasteiger partial charge in [0, 0.05) is 6.54 Å². The van der Waals surface area contributed by atoms with E-state index >= 15 is 0 Å². The van der Waals surface area contributed by atoms with Gasteiger partial charge in [-0.05, 0) is 42.1 Å². The van der Waals surface area contributed by atoms with Gasteiger partial charge in [-0.2, -0.15) is 5.10 Å². The number of anilines is 1. The van der Waals surface area contributed by atoms with Crippen LogP contribution >= 0.6 is 15.9 Å². The van der Waals surface area contributed by atoms with Crippen molar-refractivity contribution in [3.63, 3.8) is 0 Å². The van der Waals surface area contributed by atoms with Gasteiger partial charge in [0.15, 0.2) is 0 Å². The molecule has 1 aliphatic rings. The highest BCUT2D eigenvalue weighted by Gasteiger charge is 2.22. The maximum absolute atomic E-state index is 4.68. The molecule has 1 aromatic rings. The first kappa shape index (κ1) is 11.0. The molecule has 4 heteroatoms. The van der Waals surface area contributed by atoms with E-state index in [1.54, 1.807) is 0 Å². The van der Waals surface area contributed by atoms with Gasteiger partial charge < -0.3 is 5.32 Å². The Labute approximate surface area is 99.4 Å². The van der Waals surface area contributed by atoms with Crippen LogP contribution in [0.2, 0.25) is 0 Å². The first-order valence-electron chi connectivity index (χ1n) is 5.74. The van der Waals surface area contributed by atoms with Gasteiger partial charge in [0.1, 0.15) is 5.82 Å². The molecule has 2 rings (SSSR count). The lowest BCUT2D eigenvalue weighted by molar-refractivity contribution is 0.449. The van der Waals surface area contributed by atoms with Crippen LogP contribution in [0.4, 0.5) is 5.82 Å².